The Labute approximate surface area is 160 Å². The maximum atomic E-state index is 12.9. The van der Waals surface area contributed by atoms with Gasteiger partial charge in [-0.15, -0.1) is 0 Å². The average Bonchev–Trinajstić information content (AvgIpc) is 3.06. The van der Waals surface area contributed by atoms with Crippen molar-refractivity contribution in [3.63, 3.8) is 0 Å². The van der Waals surface area contributed by atoms with Crippen LogP contribution in [0.3, 0.4) is 0 Å². The fraction of sp³-hybridized carbons (Fsp3) is 0.389. The van der Waals surface area contributed by atoms with Gasteiger partial charge in [0.1, 0.15) is 0 Å². The molecular formula is C18H20ClN5O3. The van der Waals surface area contributed by atoms with Crippen molar-refractivity contribution >= 4 is 28.7 Å². The fourth-order valence-electron chi connectivity index (χ4n) is 3.39. The minimum atomic E-state index is -0.400. The zero-order valence-electron chi connectivity index (χ0n) is 15.2. The molecule has 0 amide bonds. The van der Waals surface area contributed by atoms with Crippen LogP contribution in [0, 0.1) is 0 Å². The van der Waals surface area contributed by atoms with Gasteiger partial charge in [0.2, 0.25) is 5.95 Å². The number of aryl methyl sites for hydroxylation is 1. The van der Waals surface area contributed by atoms with Gasteiger partial charge < -0.3 is 9.64 Å². The Morgan fingerprint density at radius 1 is 1.11 bits per heavy atom. The van der Waals surface area contributed by atoms with E-state index >= 15 is 0 Å². The van der Waals surface area contributed by atoms with E-state index in [2.05, 4.69) is 9.88 Å². The molecule has 0 aliphatic carbocycles. The largest absolute Gasteiger partial charge is 0.378 e. The number of nitrogens with zero attached hydrogens (tertiary/aromatic N) is 5. The van der Waals surface area contributed by atoms with E-state index in [9.17, 15) is 9.59 Å². The molecule has 1 saturated heterocycles. The first-order chi connectivity index (χ1) is 13.0. The number of morpholine rings is 1. The van der Waals surface area contributed by atoms with Gasteiger partial charge in [0.25, 0.3) is 5.56 Å². The molecule has 0 atom stereocenters. The van der Waals surface area contributed by atoms with Crippen molar-refractivity contribution in [3.05, 3.63) is 55.7 Å². The third kappa shape index (κ3) is 2.94. The topological polar surface area (TPSA) is 74.3 Å². The zero-order chi connectivity index (χ0) is 19.1. The molecule has 8 nitrogen and oxygen atoms in total. The van der Waals surface area contributed by atoms with Crippen LogP contribution in [0.4, 0.5) is 5.95 Å². The van der Waals surface area contributed by atoms with Crippen molar-refractivity contribution in [3.8, 4) is 0 Å². The number of fused-ring (bicyclic) bond motifs is 1. The van der Waals surface area contributed by atoms with E-state index in [0.717, 1.165) is 10.1 Å². The SMILES string of the molecule is Cn1c(=O)c2c(nc(N3CCOCC3)n2Cc2ccccc2Cl)n(C)c1=O. The highest BCUT2D eigenvalue weighted by molar-refractivity contribution is 6.31. The van der Waals surface area contributed by atoms with Crippen molar-refractivity contribution < 1.29 is 4.74 Å². The monoisotopic (exact) mass is 389 g/mol. The van der Waals surface area contributed by atoms with Crippen LogP contribution in [0.25, 0.3) is 11.2 Å². The van der Waals surface area contributed by atoms with Crippen LogP contribution < -0.4 is 16.1 Å². The predicted octanol–water partition coefficient (Wildman–Crippen LogP) is 0.972. The average molecular weight is 390 g/mol. The van der Waals surface area contributed by atoms with E-state index in [1.807, 2.05) is 28.8 Å². The van der Waals surface area contributed by atoms with E-state index in [4.69, 9.17) is 16.3 Å². The first-order valence-corrected chi connectivity index (χ1v) is 9.09. The Hall–Kier alpha value is -2.58. The Kier molecular flexibility index (Phi) is 4.53. The summed E-state index contributed by atoms with van der Waals surface area (Å²) in [6.07, 6.45) is 0. The van der Waals surface area contributed by atoms with Crippen LogP contribution in [-0.4, -0.2) is 45.0 Å². The Balaban J connectivity index is 1.99. The number of ether oxygens (including phenoxy) is 1. The van der Waals surface area contributed by atoms with E-state index in [1.54, 1.807) is 7.05 Å². The number of hydrogen-bond donors (Lipinski definition) is 0. The van der Waals surface area contributed by atoms with Gasteiger partial charge in [-0.05, 0) is 11.6 Å². The molecule has 2 aromatic heterocycles. The van der Waals surface area contributed by atoms with Gasteiger partial charge in [0.05, 0.1) is 19.8 Å². The summed E-state index contributed by atoms with van der Waals surface area (Å²) >= 11 is 6.35. The van der Waals surface area contributed by atoms with Gasteiger partial charge in [0.15, 0.2) is 11.2 Å². The van der Waals surface area contributed by atoms with Crippen molar-refractivity contribution in [2.75, 3.05) is 31.2 Å². The molecule has 0 unspecified atom stereocenters. The van der Waals surface area contributed by atoms with Gasteiger partial charge >= 0.3 is 5.69 Å². The molecule has 0 bridgehead atoms. The highest BCUT2D eigenvalue weighted by Crippen LogP contribution is 2.24. The second-order valence-corrected chi connectivity index (χ2v) is 6.97. The van der Waals surface area contributed by atoms with Gasteiger partial charge in [-0.25, -0.2) is 4.79 Å². The standard InChI is InChI=1S/C18H20ClN5O3/c1-21-15-14(16(25)22(2)18(21)26)24(11-12-5-3-4-6-13(12)19)17(20-15)23-7-9-27-10-8-23/h3-6H,7-11H2,1-2H3. The van der Waals surface area contributed by atoms with Crippen LogP contribution in [0.1, 0.15) is 5.56 Å². The summed E-state index contributed by atoms with van der Waals surface area (Å²) in [7, 11) is 3.10. The highest BCUT2D eigenvalue weighted by atomic mass is 35.5. The van der Waals surface area contributed by atoms with E-state index in [0.29, 0.717) is 55.0 Å². The molecule has 0 spiro atoms. The number of benzene rings is 1. The van der Waals surface area contributed by atoms with Crippen molar-refractivity contribution in [1.29, 1.82) is 0 Å². The summed E-state index contributed by atoms with van der Waals surface area (Å²) in [5, 5.41) is 0.619. The molecule has 142 valence electrons. The van der Waals surface area contributed by atoms with E-state index in [-0.39, 0.29) is 5.56 Å². The fourth-order valence-corrected chi connectivity index (χ4v) is 3.58. The molecule has 3 aromatic rings. The Morgan fingerprint density at radius 2 is 1.81 bits per heavy atom. The maximum Gasteiger partial charge on any atom is 0.332 e. The third-order valence-electron chi connectivity index (χ3n) is 4.91. The second-order valence-electron chi connectivity index (χ2n) is 6.57. The highest BCUT2D eigenvalue weighted by Gasteiger charge is 2.24. The lowest BCUT2D eigenvalue weighted by molar-refractivity contribution is 0.121. The maximum absolute atomic E-state index is 12.9. The van der Waals surface area contributed by atoms with Gasteiger partial charge in [-0.3, -0.25) is 18.5 Å². The molecule has 3 heterocycles. The Morgan fingerprint density at radius 3 is 2.52 bits per heavy atom. The summed E-state index contributed by atoms with van der Waals surface area (Å²) in [4.78, 5) is 32.0. The van der Waals surface area contributed by atoms with Crippen LogP contribution in [0.15, 0.2) is 33.9 Å². The lowest BCUT2D eigenvalue weighted by Crippen LogP contribution is -2.38. The molecule has 1 aliphatic heterocycles. The third-order valence-corrected chi connectivity index (χ3v) is 5.28. The first kappa shape index (κ1) is 17.8. The molecule has 27 heavy (non-hydrogen) atoms. The minimum absolute atomic E-state index is 0.368. The lowest BCUT2D eigenvalue weighted by Gasteiger charge is -2.28. The van der Waals surface area contributed by atoms with Gasteiger partial charge in [-0.1, -0.05) is 29.8 Å². The normalized spacial score (nSPS) is 14.9. The molecule has 0 N–H and O–H groups in total. The first-order valence-electron chi connectivity index (χ1n) is 8.71. The van der Waals surface area contributed by atoms with Crippen LogP contribution in [-0.2, 0) is 25.4 Å². The summed E-state index contributed by atoms with van der Waals surface area (Å²) in [6, 6.07) is 7.51. The summed E-state index contributed by atoms with van der Waals surface area (Å²) in [5.74, 6) is 0.645. The number of imidazole rings is 1. The van der Waals surface area contributed by atoms with Crippen molar-refractivity contribution in [1.82, 2.24) is 18.7 Å². The minimum Gasteiger partial charge on any atom is -0.378 e. The van der Waals surface area contributed by atoms with Crippen LogP contribution >= 0.6 is 11.6 Å². The van der Waals surface area contributed by atoms with Crippen molar-refractivity contribution in [2.45, 2.75) is 6.54 Å². The zero-order valence-corrected chi connectivity index (χ0v) is 15.9. The lowest BCUT2D eigenvalue weighted by atomic mass is 10.2. The molecule has 1 aliphatic rings. The molecule has 9 heteroatoms. The van der Waals surface area contributed by atoms with Crippen LogP contribution in [0.5, 0.6) is 0 Å². The van der Waals surface area contributed by atoms with Crippen molar-refractivity contribution in [2.24, 2.45) is 14.1 Å². The van der Waals surface area contributed by atoms with Gasteiger partial charge in [-0.2, -0.15) is 4.98 Å². The number of hydrogen-bond acceptors (Lipinski definition) is 5. The summed E-state index contributed by atoms with van der Waals surface area (Å²) in [5.41, 5.74) is 0.872. The summed E-state index contributed by atoms with van der Waals surface area (Å²) in [6.45, 7) is 2.90. The van der Waals surface area contributed by atoms with Crippen LogP contribution in [0.2, 0.25) is 5.02 Å². The predicted molar refractivity (Wildman–Crippen MR) is 104 cm³/mol. The molecular weight excluding hydrogens is 370 g/mol. The second kappa shape index (κ2) is 6.86. The molecule has 1 aromatic carbocycles. The quantitative estimate of drug-likeness (QED) is 0.667. The number of rotatable bonds is 3. The molecule has 4 rings (SSSR count). The van der Waals surface area contributed by atoms with E-state index < -0.39 is 5.69 Å². The molecule has 0 saturated carbocycles. The smallest absolute Gasteiger partial charge is 0.332 e. The molecule has 0 radical (unpaired) electrons. The van der Waals surface area contributed by atoms with E-state index in [1.165, 1.54) is 11.6 Å². The number of aromatic nitrogens is 4. The number of anilines is 1. The Bertz CT molecular complexity index is 1120. The summed E-state index contributed by atoms with van der Waals surface area (Å²) < 4.78 is 9.80. The molecule has 1 fully saturated rings. The van der Waals surface area contributed by atoms with Gasteiger partial charge in [0, 0.05) is 32.2 Å². The number of halogens is 1.